The van der Waals surface area contributed by atoms with Crippen LogP contribution >= 0.6 is 0 Å². The normalized spacial score (nSPS) is 30.3. The number of hydrogen-bond donors (Lipinski definition) is 3. The molecule has 1 heterocycles. The van der Waals surface area contributed by atoms with Crippen LogP contribution in [0.2, 0.25) is 0 Å². The second-order valence-corrected chi connectivity index (χ2v) is 9.28. The molecule has 5 nitrogen and oxygen atoms in total. The minimum Gasteiger partial charge on any atom is -0.388 e. The van der Waals surface area contributed by atoms with Crippen LogP contribution < -0.4 is 5.73 Å². The maximum Gasteiger partial charge on any atom is 0.248 e. The Morgan fingerprint density at radius 2 is 1.62 bits per heavy atom. The van der Waals surface area contributed by atoms with E-state index in [2.05, 4.69) is 17.0 Å². The number of nitrogens with zero attached hydrogens (tertiary/aromatic N) is 1. The number of carbonyl (C=O) groups excluding carboxylic acids is 1. The number of carbonyl (C=O) groups is 1. The van der Waals surface area contributed by atoms with Gasteiger partial charge < -0.3 is 15.9 Å². The zero-order valence-electron chi connectivity index (χ0n) is 16.6. The molecule has 2 bridgehead atoms. The quantitative estimate of drug-likeness (QED) is 0.741. The van der Waals surface area contributed by atoms with Gasteiger partial charge in [-0.05, 0) is 41.7 Å². The molecule has 29 heavy (non-hydrogen) atoms. The highest BCUT2D eigenvalue weighted by Crippen LogP contribution is 2.51. The molecular formula is C24H28N2O3. The maximum absolute atomic E-state index is 11.7. The average Bonchev–Trinajstić information content (AvgIpc) is 3.09. The summed E-state index contributed by atoms with van der Waals surface area (Å²) < 4.78 is 0. The molecule has 0 spiro atoms. The van der Waals surface area contributed by atoms with Gasteiger partial charge in [0.05, 0.1) is 11.2 Å². The number of rotatable bonds is 4. The fraction of sp³-hybridized carbons (Fsp3) is 0.458. The van der Waals surface area contributed by atoms with Gasteiger partial charge in [-0.1, -0.05) is 36.4 Å². The molecule has 5 heteroatoms. The lowest BCUT2D eigenvalue weighted by molar-refractivity contribution is -0.104. The van der Waals surface area contributed by atoms with Crippen molar-refractivity contribution in [3.63, 3.8) is 0 Å². The van der Waals surface area contributed by atoms with Gasteiger partial charge in [-0.3, -0.25) is 9.69 Å². The topological polar surface area (TPSA) is 86.8 Å². The van der Waals surface area contributed by atoms with Crippen molar-refractivity contribution >= 4 is 5.91 Å². The number of nitrogens with two attached hydrogens (primary N) is 1. The highest BCUT2D eigenvalue weighted by Gasteiger charge is 2.54. The van der Waals surface area contributed by atoms with E-state index in [4.69, 9.17) is 5.73 Å². The summed E-state index contributed by atoms with van der Waals surface area (Å²) in [6.07, 6.45) is 3.30. The second-order valence-electron chi connectivity index (χ2n) is 9.28. The Labute approximate surface area is 171 Å². The smallest absolute Gasteiger partial charge is 0.248 e. The summed E-state index contributed by atoms with van der Waals surface area (Å²) in [4.78, 5) is 13.9. The van der Waals surface area contributed by atoms with E-state index in [9.17, 15) is 15.0 Å². The Kier molecular flexibility index (Phi) is 4.32. The Morgan fingerprint density at radius 3 is 2.21 bits per heavy atom. The summed E-state index contributed by atoms with van der Waals surface area (Å²) in [5, 5.41) is 22.9. The monoisotopic (exact) mass is 392 g/mol. The van der Waals surface area contributed by atoms with Gasteiger partial charge in [-0.15, -0.1) is 0 Å². The van der Waals surface area contributed by atoms with Gasteiger partial charge in [0, 0.05) is 49.9 Å². The van der Waals surface area contributed by atoms with Crippen LogP contribution in [0.15, 0.2) is 48.5 Å². The minimum absolute atomic E-state index is 0.0942. The Balaban J connectivity index is 1.34. The zero-order chi connectivity index (χ0) is 20.2. The lowest BCUT2D eigenvalue weighted by Gasteiger charge is -2.46. The third-order valence-corrected chi connectivity index (χ3v) is 7.35. The van der Waals surface area contributed by atoms with Crippen LogP contribution in [-0.4, -0.2) is 46.3 Å². The number of benzene rings is 2. The van der Waals surface area contributed by atoms with Gasteiger partial charge in [-0.25, -0.2) is 0 Å². The molecule has 5 rings (SSSR count). The summed E-state index contributed by atoms with van der Waals surface area (Å²) in [5.74, 6) is -0.281. The molecule has 152 valence electrons. The first kappa shape index (κ1) is 18.8. The third kappa shape index (κ3) is 3.08. The number of β-amino-alcohol motifs (C(OH)–C–C–N with tert-alkyl or cyclic N) is 1. The summed E-state index contributed by atoms with van der Waals surface area (Å²) in [7, 11) is 0. The molecule has 2 aromatic rings. The third-order valence-electron chi connectivity index (χ3n) is 7.35. The maximum atomic E-state index is 11.7. The molecule has 0 aromatic heterocycles. The van der Waals surface area contributed by atoms with E-state index in [1.807, 2.05) is 18.2 Å². The van der Waals surface area contributed by atoms with Crippen molar-refractivity contribution in [1.82, 2.24) is 4.90 Å². The predicted octanol–water partition coefficient (Wildman–Crippen LogP) is 1.84. The van der Waals surface area contributed by atoms with Crippen molar-refractivity contribution in [3.8, 4) is 0 Å². The number of primary amides is 1. The van der Waals surface area contributed by atoms with Crippen molar-refractivity contribution in [2.45, 2.75) is 36.9 Å². The van der Waals surface area contributed by atoms with Crippen LogP contribution in [0.5, 0.6) is 0 Å². The molecule has 2 aliphatic carbocycles. The average molecular weight is 392 g/mol. The van der Waals surface area contributed by atoms with Crippen LogP contribution in [0.25, 0.3) is 0 Å². The van der Waals surface area contributed by atoms with E-state index in [1.165, 1.54) is 11.1 Å². The van der Waals surface area contributed by atoms with Gasteiger partial charge in [0.1, 0.15) is 0 Å². The Bertz CT molecular complexity index is 918. The molecule has 1 saturated carbocycles. The van der Waals surface area contributed by atoms with Crippen molar-refractivity contribution in [3.05, 3.63) is 70.8 Å². The van der Waals surface area contributed by atoms with Gasteiger partial charge in [0.25, 0.3) is 0 Å². The van der Waals surface area contributed by atoms with Crippen LogP contribution in [0.4, 0.5) is 0 Å². The molecule has 2 aromatic carbocycles. The van der Waals surface area contributed by atoms with Gasteiger partial charge in [0.2, 0.25) is 5.91 Å². The van der Waals surface area contributed by atoms with E-state index in [1.54, 1.807) is 18.2 Å². The van der Waals surface area contributed by atoms with Crippen LogP contribution in [0, 0.1) is 11.8 Å². The van der Waals surface area contributed by atoms with Crippen molar-refractivity contribution in [2.24, 2.45) is 17.6 Å². The zero-order valence-corrected chi connectivity index (χ0v) is 16.6. The van der Waals surface area contributed by atoms with Gasteiger partial charge in [-0.2, -0.15) is 0 Å². The fourth-order valence-corrected chi connectivity index (χ4v) is 6.06. The Morgan fingerprint density at radius 1 is 1.00 bits per heavy atom. The SMILES string of the molecule is NC(=O)c1cccc(C2(O)C3CCC2CN(CC2(O)Cc4ccccc4C2)C3)c1. The van der Waals surface area contributed by atoms with Crippen molar-refractivity contribution in [2.75, 3.05) is 19.6 Å². The standard InChI is InChI=1S/C24H28N2O3/c25-22(27)16-6-3-7-19(10-16)24(29)20-8-9-21(24)14-26(13-20)15-23(28)11-17-4-1-2-5-18(17)12-23/h1-7,10,20-21,28-29H,8-9,11-15H2,(H2,25,27). The number of aliphatic hydroxyl groups is 2. The van der Waals surface area contributed by atoms with E-state index in [0.717, 1.165) is 31.5 Å². The van der Waals surface area contributed by atoms with E-state index in [-0.39, 0.29) is 11.8 Å². The highest BCUT2D eigenvalue weighted by atomic mass is 16.3. The summed E-state index contributed by atoms with van der Waals surface area (Å²) in [5.41, 5.74) is 7.52. The molecule has 4 N–H and O–H groups in total. The van der Waals surface area contributed by atoms with Crippen LogP contribution in [0.3, 0.4) is 0 Å². The number of amides is 1. The summed E-state index contributed by atoms with van der Waals surface area (Å²) in [6, 6.07) is 15.4. The first-order valence-electron chi connectivity index (χ1n) is 10.5. The highest BCUT2D eigenvalue weighted by molar-refractivity contribution is 5.92. The largest absolute Gasteiger partial charge is 0.388 e. The van der Waals surface area contributed by atoms with Gasteiger partial charge in [0.15, 0.2) is 0 Å². The number of fused-ring (bicyclic) bond motifs is 3. The molecule has 2 fully saturated rings. The molecule has 2 unspecified atom stereocenters. The molecule has 0 radical (unpaired) electrons. The van der Waals surface area contributed by atoms with E-state index < -0.39 is 17.1 Å². The molecule has 1 amide bonds. The molecular weight excluding hydrogens is 364 g/mol. The number of piperidine rings is 1. The van der Waals surface area contributed by atoms with Crippen LogP contribution in [-0.2, 0) is 18.4 Å². The first-order chi connectivity index (χ1) is 13.9. The van der Waals surface area contributed by atoms with Gasteiger partial charge >= 0.3 is 0 Å². The lowest BCUT2D eigenvalue weighted by atomic mass is 9.74. The van der Waals surface area contributed by atoms with E-state index in [0.29, 0.717) is 24.9 Å². The lowest BCUT2D eigenvalue weighted by Crippen LogP contribution is -2.55. The first-order valence-corrected chi connectivity index (χ1v) is 10.5. The Hall–Kier alpha value is -2.21. The number of hydrogen-bond acceptors (Lipinski definition) is 4. The number of likely N-dealkylation sites (tertiary alicyclic amines) is 1. The van der Waals surface area contributed by atoms with Crippen LogP contribution in [0.1, 0.15) is 39.9 Å². The van der Waals surface area contributed by atoms with Crippen molar-refractivity contribution in [1.29, 1.82) is 0 Å². The molecule has 3 aliphatic rings. The predicted molar refractivity (Wildman–Crippen MR) is 110 cm³/mol. The van der Waals surface area contributed by atoms with E-state index >= 15 is 0 Å². The second kappa shape index (κ2) is 6.66. The van der Waals surface area contributed by atoms with Crippen molar-refractivity contribution < 1.29 is 15.0 Å². The molecule has 1 saturated heterocycles. The minimum atomic E-state index is -0.927. The molecule has 1 aliphatic heterocycles. The summed E-state index contributed by atoms with van der Waals surface area (Å²) in [6.45, 7) is 2.14. The fourth-order valence-electron chi connectivity index (χ4n) is 6.06. The summed E-state index contributed by atoms with van der Waals surface area (Å²) >= 11 is 0. The molecule has 2 atom stereocenters.